The summed E-state index contributed by atoms with van der Waals surface area (Å²) in [6, 6.07) is 11.4. The Labute approximate surface area is 186 Å². The lowest BCUT2D eigenvalue weighted by atomic mass is 9.85. The van der Waals surface area contributed by atoms with Crippen LogP contribution in [-0.4, -0.2) is 53.5 Å². The zero-order valence-electron chi connectivity index (χ0n) is 18.4. The van der Waals surface area contributed by atoms with Crippen molar-refractivity contribution in [3.63, 3.8) is 0 Å². The summed E-state index contributed by atoms with van der Waals surface area (Å²) in [5, 5.41) is 5.05. The highest BCUT2D eigenvalue weighted by Gasteiger charge is 2.32. The van der Waals surface area contributed by atoms with Gasteiger partial charge in [0.25, 0.3) is 0 Å². The van der Waals surface area contributed by atoms with Crippen molar-refractivity contribution >= 4 is 29.4 Å². The fourth-order valence-electron chi connectivity index (χ4n) is 5.00. The van der Waals surface area contributed by atoms with E-state index < -0.39 is 7.82 Å². The number of rotatable bonds is 3. The van der Waals surface area contributed by atoms with Crippen molar-refractivity contribution in [1.29, 1.82) is 0 Å². The Morgan fingerprint density at radius 1 is 0.875 bits per heavy atom. The first kappa shape index (κ1) is 22.8. The van der Waals surface area contributed by atoms with E-state index in [0.29, 0.717) is 6.04 Å². The summed E-state index contributed by atoms with van der Waals surface area (Å²) in [7, 11) is 0.484. The molecule has 1 fully saturated rings. The molecule has 0 spiro atoms. The van der Waals surface area contributed by atoms with E-state index in [1.165, 1.54) is 52.1 Å². The number of methoxy groups -OCH3 is 3. The second-order valence-corrected chi connectivity index (χ2v) is 9.13. The molecule has 9 heteroatoms. The molecule has 2 aliphatic heterocycles. The van der Waals surface area contributed by atoms with Crippen LogP contribution in [0.3, 0.4) is 0 Å². The Hall–Kier alpha value is -2.35. The molecule has 0 aliphatic carbocycles. The van der Waals surface area contributed by atoms with Gasteiger partial charge in [-0.15, -0.1) is 0 Å². The molecule has 0 aromatic heterocycles. The van der Waals surface area contributed by atoms with Crippen molar-refractivity contribution < 1.29 is 33.5 Å². The number of hydrogen-bond donors (Lipinski definition) is 3. The second kappa shape index (κ2) is 8.89. The average Bonchev–Trinajstić information content (AvgIpc) is 3.23. The average molecular weight is 461 g/mol. The number of nitrogens with zero attached hydrogens (tertiary/aromatic N) is 1. The number of phosphoric acid groups is 1. The number of hydrogen-bond acceptors (Lipinski definition) is 5. The largest absolute Gasteiger partial charge is 0.497 e. The standard InChI is InChI=1S/C23H25NO3.H3O4P/c1-25-15-6-7-16-17-9-14-5-4-8-24(14)13-21(17)20-12-23(27-3)22(26-2)11-19(20)18(16)10-15;1-5(2,3)4/h6-7,10-12,14H,4-5,8-9,13H2,1-3H3;(H3,1,2,3,4)/t14-;/m0./s1. The van der Waals surface area contributed by atoms with Crippen molar-refractivity contribution in [3.05, 3.63) is 41.5 Å². The summed E-state index contributed by atoms with van der Waals surface area (Å²) >= 11 is 0. The molecule has 1 saturated heterocycles. The van der Waals surface area contributed by atoms with Crippen molar-refractivity contribution in [3.8, 4) is 17.2 Å². The summed E-state index contributed by atoms with van der Waals surface area (Å²) in [4.78, 5) is 24.2. The number of fused-ring (bicyclic) bond motifs is 7. The minimum Gasteiger partial charge on any atom is -0.497 e. The van der Waals surface area contributed by atoms with Crippen LogP contribution in [0, 0.1) is 0 Å². The maximum Gasteiger partial charge on any atom is 0.466 e. The van der Waals surface area contributed by atoms with Crippen LogP contribution in [0.5, 0.6) is 17.2 Å². The van der Waals surface area contributed by atoms with E-state index in [2.05, 4.69) is 35.2 Å². The minimum absolute atomic E-state index is 0.681. The van der Waals surface area contributed by atoms with Gasteiger partial charge in [0.2, 0.25) is 0 Å². The third-order valence-corrected chi connectivity index (χ3v) is 6.36. The summed E-state index contributed by atoms with van der Waals surface area (Å²) in [6.07, 6.45) is 3.74. The van der Waals surface area contributed by atoms with Crippen LogP contribution in [0.2, 0.25) is 0 Å². The molecule has 3 N–H and O–H groups in total. The van der Waals surface area contributed by atoms with E-state index in [9.17, 15) is 0 Å². The Morgan fingerprint density at radius 2 is 1.50 bits per heavy atom. The molecule has 2 heterocycles. The Balaban J connectivity index is 0.000000444. The molecule has 8 nitrogen and oxygen atoms in total. The van der Waals surface area contributed by atoms with Gasteiger partial charge in [-0.25, -0.2) is 4.57 Å². The quantitative estimate of drug-likeness (QED) is 0.401. The van der Waals surface area contributed by atoms with Crippen molar-refractivity contribution in [2.24, 2.45) is 0 Å². The lowest BCUT2D eigenvalue weighted by Crippen LogP contribution is -2.35. The lowest BCUT2D eigenvalue weighted by Gasteiger charge is -2.33. The van der Waals surface area contributed by atoms with E-state index in [-0.39, 0.29) is 0 Å². The van der Waals surface area contributed by atoms with Gasteiger partial charge in [0.05, 0.1) is 21.3 Å². The van der Waals surface area contributed by atoms with Gasteiger partial charge < -0.3 is 28.9 Å². The molecular formula is C23H28NO7P. The first-order valence-electron chi connectivity index (χ1n) is 10.4. The van der Waals surface area contributed by atoms with Gasteiger partial charge in [0, 0.05) is 12.6 Å². The van der Waals surface area contributed by atoms with Crippen molar-refractivity contribution in [2.75, 3.05) is 27.9 Å². The van der Waals surface area contributed by atoms with Crippen LogP contribution in [-0.2, 0) is 17.5 Å². The third-order valence-electron chi connectivity index (χ3n) is 6.36. The summed E-state index contributed by atoms with van der Waals surface area (Å²) in [5.41, 5.74) is 2.94. The predicted molar refractivity (Wildman–Crippen MR) is 123 cm³/mol. The van der Waals surface area contributed by atoms with Crippen LogP contribution >= 0.6 is 7.82 Å². The highest BCUT2D eigenvalue weighted by Crippen LogP contribution is 2.44. The van der Waals surface area contributed by atoms with Gasteiger partial charge in [-0.3, -0.25) is 4.90 Å². The summed E-state index contributed by atoms with van der Waals surface area (Å²) in [5.74, 6) is 2.44. The van der Waals surface area contributed by atoms with E-state index in [1.54, 1.807) is 21.3 Å². The van der Waals surface area contributed by atoms with Crippen LogP contribution < -0.4 is 14.2 Å². The van der Waals surface area contributed by atoms with Crippen LogP contribution in [0.15, 0.2) is 30.3 Å². The van der Waals surface area contributed by atoms with Gasteiger partial charge in [-0.2, -0.15) is 0 Å². The molecule has 0 saturated carbocycles. The third kappa shape index (κ3) is 4.42. The van der Waals surface area contributed by atoms with Gasteiger partial charge in [0.1, 0.15) is 5.75 Å². The van der Waals surface area contributed by atoms with Gasteiger partial charge in [-0.05, 0) is 82.7 Å². The maximum absolute atomic E-state index is 8.88. The topological polar surface area (TPSA) is 109 Å². The van der Waals surface area contributed by atoms with Gasteiger partial charge in [-0.1, -0.05) is 6.07 Å². The van der Waals surface area contributed by atoms with Crippen molar-refractivity contribution in [2.45, 2.75) is 31.8 Å². The second-order valence-electron chi connectivity index (χ2n) is 8.11. The molecule has 172 valence electrons. The minimum atomic E-state index is -4.64. The highest BCUT2D eigenvalue weighted by molar-refractivity contribution is 7.45. The highest BCUT2D eigenvalue weighted by atomic mass is 31.2. The fourth-order valence-corrected chi connectivity index (χ4v) is 5.00. The Kier molecular flexibility index (Phi) is 6.34. The molecule has 3 aromatic rings. The molecule has 3 aromatic carbocycles. The van der Waals surface area contributed by atoms with E-state index in [1.807, 2.05) is 0 Å². The van der Waals surface area contributed by atoms with E-state index in [4.69, 9.17) is 33.5 Å². The molecule has 0 amide bonds. The summed E-state index contributed by atoms with van der Waals surface area (Å²) in [6.45, 7) is 2.23. The number of ether oxygens (including phenoxy) is 3. The first-order chi connectivity index (χ1) is 15.2. The SMILES string of the molecule is COc1ccc2c3c(c4cc(OC)c(OC)cc4c2c1)CN1CCC[C@H]1C3.O=P(O)(O)O. The summed E-state index contributed by atoms with van der Waals surface area (Å²) < 4.78 is 25.6. The molecule has 0 radical (unpaired) electrons. The molecule has 0 bridgehead atoms. The lowest BCUT2D eigenvalue weighted by molar-refractivity contribution is 0.229. The zero-order chi connectivity index (χ0) is 23.0. The molecule has 0 unspecified atom stereocenters. The molecule has 5 rings (SSSR count). The first-order valence-corrected chi connectivity index (χ1v) is 12.0. The zero-order valence-corrected chi connectivity index (χ0v) is 19.3. The van der Waals surface area contributed by atoms with E-state index in [0.717, 1.165) is 30.2 Å². The van der Waals surface area contributed by atoms with Crippen LogP contribution in [0.25, 0.3) is 21.5 Å². The van der Waals surface area contributed by atoms with Crippen LogP contribution in [0.4, 0.5) is 0 Å². The molecule has 2 aliphatic rings. The monoisotopic (exact) mass is 461 g/mol. The fraction of sp³-hybridized carbons (Fsp3) is 0.391. The molecule has 32 heavy (non-hydrogen) atoms. The van der Waals surface area contributed by atoms with Crippen LogP contribution in [0.1, 0.15) is 24.0 Å². The van der Waals surface area contributed by atoms with Crippen molar-refractivity contribution in [1.82, 2.24) is 4.90 Å². The Morgan fingerprint density at radius 3 is 2.12 bits per heavy atom. The smallest absolute Gasteiger partial charge is 0.466 e. The van der Waals surface area contributed by atoms with Gasteiger partial charge in [0.15, 0.2) is 11.5 Å². The van der Waals surface area contributed by atoms with E-state index >= 15 is 0 Å². The normalized spacial score (nSPS) is 18.0. The Bertz CT molecular complexity index is 1200. The molecule has 1 atom stereocenters. The van der Waals surface area contributed by atoms with Gasteiger partial charge >= 0.3 is 7.82 Å². The number of benzene rings is 3. The maximum atomic E-state index is 8.88. The predicted octanol–water partition coefficient (Wildman–Crippen LogP) is 3.61. The molecular weight excluding hydrogens is 433 g/mol.